The fourth-order valence-electron chi connectivity index (χ4n) is 5.85. The first kappa shape index (κ1) is 28.6. The lowest BCUT2D eigenvalue weighted by atomic mass is 10.0. The molecule has 0 unspecified atom stereocenters. The van der Waals surface area contributed by atoms with Crippen LogP contribution in [0.2, 0.25) is 0 Å². The molecule has 11 heteroatoms. The van der Waals surface area contributed by atoms with Gasteiger partial charge in [-0.25, -0.2) is 24.9 Å². The van der Waals surface area contributed by atoms with E-state index in [1.165, 1.54) is 11.9 Å². The van der Waals surface area contributed by atoms with Crippen molar-refractivity contribution in [2.45, 2.75) is 25.4 Å². The van der Waals surface area contributed by atoms with Crippen LogP contribution in [0, 0.1) is 22.7 Å². The van der Waals surface area contributed by atoms with Crippen LogP contribution in [0.4, 0.5) is 11.6 Å². The minimum absolute atomic E-state index is 0.299. The first-order valence-corrected chi connectivity index (χ1v) is 15.0. The summed E-state index contributed by atoms with van der Waals surface area (Å²) in [5, 5.41) is 22.0. The molecule has 0 amide bonds. The van der Waals surface area contributed by atoms with E-state index in [-0.39, 0.29) is 0 Å². The average molecular weight is 604 g/mol. The molecular weight excluding hydrogens is 574 g/mol. The zero-order valence-corrected chi connectivity index (χ0v) is 24.9. The molecule has 6 aromatic rings. The molecule has 0 spiro atoms. The molecule has 0 aliphatic carbocycles. The molecule has 3 N–H and O–H groups in total. The van der Waals surface area contributed by atoms with E-state index in [0.717, 1.165) is 60.5 Å². The molecule has 1 fully saturated rings. The monoisotopic (exact) mass is 603 g/mol. The van der Waals surface area contributed by atoms with Gasteiger partial charge in [0.1, 0.15) is 35.2 Å². The van der Waals surface area contributed by atoms with Crippen molar-refractivity contribution in [3.05, 3.63) is 108 Å². The maximum Gasteiger partial charge on any atom is 0.165 e. The molecule has 5 heterocycles. The summed E-state index contributed by atoms with van der Waals surface area (Å²) in [6, 6.07) is 29.8. The van der Waals surface area contributed by atoms with Gasteiger partial charge in [-0.05, 0) is 66.9 Å². The van der Waals surface area contributed by atoms with E-state index in [0.29, 0.717) is 40.4 Å². The quantitative estimate of drug-likeness (QED) is 0.244. The number of nitrogens with zero attached hydrogens (tertiary/aromatic N) is 9. The molecule has 11 nitrogen and oxygen atoms in total. The molecule has 7 rings (SSSR count). The number of fused-ring (bicyclic) bond motifs is 1. The number of nitrogens with one attached hydrogen (secondary N) is 1. The van der Waals surface area contributed by atoms with E-state index in [1.54, 1.807) is 18.3 Å². The smallest absolute Gasteiger partial charge is 0.165 e. The van der Waals surface area contributed by atoms with E-state index in [4.69, 9.17) is 21.0 Å². The van der Waals surface area contributed by atoms with Gasteiger partial charge in [0.05, 0.1) is 22.9 Å². The molecule has 2 aromatic carbocycles. The van der Waals surface area contributed by atoms with Crippen LogP contribution in [0.1, 0.15) is 29.7 Å². The van der Waals surface area contributed by atoms with Crippen molar-refractivity contribution in [3.8, 4) is 40.5 Å². The Kier molecular flexibility index (Phi) is 7.73. The Morgan fingerprint density at radius 1 is 0.870 bits per heavy atom. The summed E-state index contributed by atoms with van der Waals surface area (Å²) in [5.74, 6) is 1.74. The largest absolute Gasteiger partial charge is 0.383 e. The van der Waals surface area contributed by atoms with Crippen LogP contribution >= 0.6 is 0 Å². The highest BCUT2D eigenvalue weighted by Crippen LogP contribution is 2.32. The number of hydrogen-bond acceptors (Lipinski definition) is 10. The second kappa shape index (κ2) is 12.4. The maximum absolute atomic E-state index is 9.42. The third-order valence-electron chi connectivity index (χ3n) is 8.19. The summed E-state index contributed by atoms with van der Waals surface area (Å²) in [4.78, 5) is 24.9. The zero-order valence-electron chi connectivity index (χ0n) is 24.9. The van der Waals surface area contributed by atoms with Gasteiger partial charge in [0.15, 0.2) is 11.5 Å². The molecule has 224 valence electrons. The number of imidazole rings is 1. The number of anilines is 2. The molecule has 0 bridgehead atoms. The highest BCUT2D eigenvalue weighted by atomic mass is 15.2. The van der Waals surface area contributed by atoms with Crippen LogP contribution < -0.4 is 11.1 Å². The molecule has 0 atom stereocenters. The van der Waals surface area contributed by atoms with Crippen LogP contribution in [-0.4, -0.2) is 53.5 Å². The number of nitriles is 2. The lowest BCUT2D eigenvalue weighted by Gasteiger charge is -2.32. The van der Waals surface area contributed by atoms with Crippen molar-refractivity contribution < 1.29 is 0 Å². The third-order valence-corrected chi connectivity index (χ3v) is 8.19. The second-order valence-electron chi connectivity index (χ2n) is 11.2. The van der Waals surface area contributed by atoms with Gasteiger partial charge < -0.3 is 11.1 Å². The number of likely N-dealkylation sites (tertiary alicyclic amines) is 1. The highest BCUT2D eigenvalue weighted by molar-refractivity contribution is 5.84. The van der Waals surface area contributed by atoms with Crippen LogP contribution in [0.25, 0.3) is 39.5 Å². The number of nitrogens with two attached hydrogens (primary N) is 1. The Balaban J connectivity index is 1.14. The van der Waals surface area contributed by atoms with E-state index >= 15 is 0 Å². The van der Waals surface area contributed by atoms with E-state index in [9.17, 15) is 5.26 Å². The Hall–Kier alpha value is -6.17. The van der Waals surface area contributed by atoms with Crippen LogP contribution in [0.3, 0.4) is 0 Å². The standard InChI is InChI=1S/C35H29N11/c36-19-24-3-1-4-25(17-24)30-10-11-31-35(43-30)46(34(44-31)29-5-2-14-39-33(29)38)28-8-6-23(7-9-28)21-45-15-12-26(13-16-45)42-32-18-27(20-37)40-22-41-32/h1-11,14,17-18,22,26H,12-13,15-16,21H2,(H2,38,39)(H,40,41,42). The first-order valence-electron chi connectivity index (χ1n) is 15.0. The van der Waals surface area contributed by atoms with Gasteiger partial charge in [-0.2, -0.15) is 10.5 Å². The predicted molar refractivity (Wildman–Crippen MR) is 175 cm³/mol. The number of nitrogen functional groups attached to an aromatic ring is 1. The van der Waals surface area contributed by atoms with Crippen molar-refractivity contribution >= 4 is 22.8 Å². The number of hydrogen-bond donors (Lipinski definition) is 2. The van der Waals surface area contributed by atoms with E-state index in [1.807, 2.05) is 47.0 Å². The molecule has 0 saturated carbocycles. The summed E-state index contributed by atoms with van der Waals surface area (Å²) in [5.41, 5.74) is 13.1. The van der Waals surface area contributed by atoms with Crippen molar-refractivity contribution in [1.82, 2.24) is 34.4 Å². The lowest BCUT2D eigenvalue weighted by Crippen LogP contribution is -2.38. The molecule has 0 radical (unpaired) electrons. The number of benzene rings is 2. The van der Waals surface area contributed by atoms with Gasteiger partial charge in [-0.15, -0.1) is 0 Å². The van der Waals surface area contributed by atoms with E-state index < -0.39 is 0 Å². The minimum Gasteiger partial charge on any atom is -0.383 e. The van der Waals surface area contributed by atoms with Gasteiger partial charge in [0.25, 0.3) is 0 Å². The maximum atomic E-state index is 9.42. The summed E-state index contributed by atoms with van der Waals surface area (Å²) in [7, 11) is 0. The molecule has 1 aliphatic heterocycles. The van der Waals surface area contributed by atoms with Crippen molar-refractivity contribution in [3.63, 3.8) is 0 Å². The molecule has 1 aliphatic rings. The predicted octanol–water partition coefficient (Wildman–Crippen LogP) is 5.34. The van der Waals surface area contributed by atoms with Gasteiger partial charge in [-0.3, -0.25) is 9.47 Å². The number of piperidine rings is 1. The highest BCUT2D eigenvalue weighted by Gasteiger charge is 2.21. The number of aromatic nitrogens is 6. The summed E-state index contributed by atoms with van der Waals surface area (Å²) < 4.78 is 2.02. The Morgan fingerprint density at radius 3 is 2.50 bits per heavy atom. The van der Waals surface area contributed by atoms with Gasteiger partial charge in [0, 0.05) is 49.2 Å². The molecule has 4 aromatic heterocycles. The molecular formula is C35H29N11. The Bertz CT molecular complexity index is 2110. The molecule has 1 saturated heterocycles. The normalized spacial score (nSPS) is 13.7. The zero-order chi connectivity index (χ0) is 31.5. The average Bonchev–Trinajstić information content (AvgIpc) is 3.48. The van der Waals surface area contributed by atoms with E-state index in [2.05, 4.69) is 61.6 Å². The Labute approximate surface area is 265 Å². The molecule has 46 heavy (non-hydrogen) atoms. The minimum atomic E-state index is 0.299. The SMILES string of the molecule is N#Cc1cccc(-c2ccc3nc(-c4cccnc4N)n(-c4ccc(CN5CCC(Nc6cc(C#N)ncn6)CC5)cc4)c3n2)c1. The lowest BCUT2D eigenvalue weighted by molar-refractivity contribution is 0.211. The summed E-state index contributed by atoms with van der Waals surface area (Å²) >= 11 is 0. The third kappa shape index (κ3) is 5.83. The fourth-order valence-corrected chi connectivity index (χ4v) is 5.85. The first-order chi connectivity index (χ1) is 22.6. The van der Waals surface area contributed by atoms with Crippen molar-refractivity contribution in [2.24, 2.45) is 0 Å². The number of pyridine rings is 2. The van der Waals surface area contributed by atoms with Crippen molar-refractivity contribution in [2.75, 3.05) is 24.1 Å². The Morgan fingerprint density at radius 2 is 1.72 bits per heavy atom. The second-order valence-corrected chi connectivity index (χ2v) is 11.2. The van der Waals surface area contributed by atoms with Crippen LogP contribution in [0.15, 0.2) is 91.4 Å². The van der Waals surface area contributed by atoms with Gasteiger partial charge in [0.2, 0.25) is 0 Å². The fraction of sp³-hybridized carbons (Fsp3) is 0.171. The van der Waals surface area contributed by atoms with Crippen LogP contribution in [-0.2, 0) is 6.54 Å². The summed E-state index contributed by atoms with van der Waals surface area (Å²) in [6.07, 6.45) is 5.04. The van der Waals surface area contributed by atoms with Crippen LogP contribution in [0.5, 0.6) is 0 Å². The summed E-state index contributed by atoms with van der Waals surface area (Å²) in [6.45, 7) is 2.74. The van der Waals surface area contributed by atoms with Gasteiger partial charge >= 0.3 is 0 Å². The van der Waals surface area contributed by atoms with Gasteiger partial charge in [-0.1, -0.05) is 24.3 Å². The number of rotatable bonds is 7. The van der Waals surface area contributed by atoms with Crippen molar-refractivity contribution in [1.29, 1.82) is 10.5 Å². The topological polar surface area (TPSA) is 158 Å².